The van der Waals surface area contributed by atoms with Crippen molar-refractivity contribution in [1.29, 1.82) is 0 Å². The summed E-state index contributed by atoms with van der Waals surface area (Å²) < 4.78 is 0. The Morgan fingerprint density at radius 3 is 1.36 bits per heavy atom. The van der Waals surface area contributed by atoms with Gasteiger partial charge in [-0.1, -0.05) is 95.9 Å². The number of hydrogen-bond donors (Lipinski definition) is 2. The fourth-order valence-electron chi connectivity index (χ4n) is 4.34. The van der Waals surface area contributed by atoms with Gasteiger partial charge in [-0.05, 0) is 48.2 Å². The summed E-state index contributed by atoms with van der Waals surface area (Å²) in [6, 6.07) is 15.4. The molecule has 2 rings (SSSR count). The average molecular weight is 383 g/mol. The Kier molecular flexibility index (Phi) is 9.40. The first-order valence-electron chi connectivity index (χ1n) is 11.2. The minimum Gasteiger partial charge on any atom is -0.508 e. The number of rotatable bonds is 13. The number of benzene rings is 2. The van der Waals surface area contributed by atoms with Crippen molar-refractivity contribution in [3.8, 4) is 11.5 Å². The highest BCUT2D eigenvalue weighted by molar-refractivity contribution is 5.42. The lowest BCUT2D eigenvalue weighted by molar-refractivity contribution is 0.421. The number of hydrogen-bond acceptors (Lipinski definition) is 2. The average Bonchev–Trinajstić information content (AvgIpc) is 2.71. The van der Waals surface area contributed by atoms with Crippen LogP contribution in [-0.2, 0) is 5.41 Å². The molecule has 0 aliphatic carbocycles. The van der Waals surface area contributed by atoms with Gasteiger partial charge in [0.05, 0.1) is 0 Å². The highest BCUT2D eigenvalue weighted by Gasteiger charge is 2.32. The molecule has 2 aromatic rings. The van der Waals surface area contributed by atoms with E-state index in [0.717, 1.165) is 12.8 Å². The standard InChI is InChI=1S/C26H38O2/c1-3-5-6-7-8-9-10-11-12-21-26(4-2,22-13-17-24(27)18-14-22)23-15-19-25(28)20-16-23/h13-20,27-28H,3-12,21H2,1-2H3. The van der Waals surface area contributed by atoms with Crippen molar-refractivity contribution < 1.29 is 10.2 Å². The van der Waals surface area contributed by atoms with E-state index in [4.69, 9.17) is 0 Å². The van der Waals surface area contributed by atoms with Crippen molar-refractivity contribution in [1.82, 2.24) is 0 Å². The highest BCUT2D eigenvalue weighted by Crippen LogP contribution is 2.41. The Morgan fingerprint density at radius 1 is 0.571 bits per heavy atom. The van der Waals surface area contributed by atoms with E-state index >= 15 is 0 Å². The first-order valence-corrected chi connectivity index (χ1v) is 11.2. The van der Waals surface area contributed by atoms with Gasteiger partial charge in [-0.3, -0.25) is 0 Å². The van der Waals surface area contributed by atoms with Crippen LogP contribution in [-0.4, -0.2) is 10.2 Å². The van der Waals surface area contributed by atoms with Crippen LogP contribution in [0.4, 0.5) is 0 Å². The first kappa shape index (κ1) is 22.3. The van der Waals surface area contributed by atoms with Gasteiger partial charge in [0.15, 0.2) is 0 Å². The molecule has 154 valence electrons. The van der Waals surface area contributed by atoms with Crippen molar-refractivity contribution in [2.24, 2.45) is 0 Å². The molecule has 0 amide bonds. The molecule has 2 aromatic carbocycles. The molecule has 2 heteroatoms. The third-order valence-corrected chi connectivity index (χ3v) is 6.15. The zero-order valence-corrected chi connectivity index (χ0v) is 17.8. The molecule has 2 N–H and O–H groups in total. The van der Waals surface area contributed by atoms with Crippen molar-refractivity contribution in [3.05, 3.63) is 59.7 Å². The van der Waals surface area contributed by atoms with Gasteiger partial charge in [-0.15, -0.1) is 0 Å². The number of aromatic hydroxyl groups is 2. The van der Waals surface area contributed by atoms with Crippen LogP contribution in [0.1, 0.15) is 95.6 Å². The Hall–Kier alpha value is -1.96. The fraction of sp³-hybridized carbons (Fsp3) is 0.538. The lowest BCUT2D eigenvalue weighted by atomic mass is 9.69. The smallest absolute Gasteiger partial charge is 0.115 e. The second kappa shape index (κ2) is 11.8. The maximum absolute atomic E-state index is 9.72. The van der Waals surface area contributed by atoms with E-state index < -0.39 is 0 Å². The molecule has 0 unspecified atom stereocenters. The predicted octanol–water partition coefficient (Wildman–Crippen LogP) is 7.71. The van der Waals surface area contributed by atoms with E-state index in [-0.39, 0.29) is 5.41 Å². The van der Waals surface area contributed by atoms with Crippen LogP contribution in [0.15, 0.2) is 48.5 Å². The van der Waals surface area contributed by atoms with E-state index in [9.17, 15) is 10.2 Å². The molecular formula is C26H38O2. The Labute approximate surface area is 171 Å². The van der Waals surface area contributed by atoms with Crippen LogP contribution in [0.5, 0.6) is 11.5 Å². The molecule has 2 nitrogen and oxygen atoms in total. The topological polar surface area (TPSA) is 40.5 Å². The summed E-state index contributed by atoms with van der Waals surface area (Å²) in [4.78, 5) is 0. The third kappa shape index (κ3) is 6.29. The van der Waals surface area contributed by atoms with E-state index in [2.05, 4.69) is 38.1 Å². The number of unbranched alkanes of at least 4 members (excludes halogenated alkanes) is 8. The maximum Gasteiger partial charge on any atom is 0.115 e. The summed E-state index contributed by atoms with van der Waals surface area (Å²) in [6.45, 7) is 4.51. The van der Waals surface area contributed by atoms with E-state index in [1.807, 2.05) is 0 Å². The van der Waals surface area contributed by atoms with Crippen LogP contribution < -0.4 is 0 Å². The first-order chi connectivity index (χ1) is 13.6. The molecule has 0 saturated carbocycles. The summed E-state index contributed by atoms with van der Waals surface area (Å²) in [6.07, 6.45) is 14.1. The van der Waals surface area contributed by atoms with Gasteiger partial charge in [0.25, 0.3) is 0 Å². The minimum absolute atomic E-state index is 0.0669. The van der Waals surface area contributed by atoms with Gasteiger partial charge in [-0.25, -0.2) is 0 Å². The molecule has 0 radical (unpaired) electrons. The summed E-state index contributed by atoms with van der Waals surface area (Å²) in [5.74, 6) is 0.616. The third-order valence-electron chi connectivity index (χ3n) is 6.15. The summed E-state index contributed by atoms with van der Waals surface area (Å²) in [5.41, 5.74) is 2.43. The van der Waals surface area contributed by atoms with Gasteiger partial charge in [0.1, 0.15) is 11.5 Å². The molecule has 0 heterocycles. The molecule has 0 aliphatic rings. The van der Waals surface area contributed by atoms with E-state index in [0.29, 0.717) is 11.5 Å². The van der Waals surface area contributed by atoms with Crippen LogP contribution in [0.2, 0.25) is 0 Å². The normalized spacial score (nSPS) is 11.6. The maximum atomic E-state index is 9.72. The van der Waals surface area contributed by atoms with Crippen molar-refractivity contribution in [2.75, 3.05) is 0 Å². The second-order valence-corrected chi connectivity index (χ2v) is 8.11. The van der Waals surface area contributed by atoms with Crippen LogP contribution in [0.3, 0.4) is 0 Å². The Morgan fingerprint density at radius 2 is 0.964 bits per heavy atom. The van der Waals surface area contributed by atoms with E-state index in [1.54, 1.807) is 24.3 Å². The molecule has 0 saturated heterocycles. The van der Waals surface area contributed by atoms with Gasteiger partial charge in [0.2, 0.25) is 0 Å². The minimum atomic E-state index is -0.0669. The molecule has 0 aromatic heterocycles. The van der Waals surface area contributed by atoms with Gasteiger partial charge in [0, 0.05) is 5.41 Å². The Balaban J connectivity index is 2.01. The van der Waals surface area contributed by atoms with Crippen LogP contribution >= 0.6 is 0 Å². The number of phenolic OH excluding ortho intramolecular Hbond substituents is 2. The second-order valence-electron chi connectivity index (χ2n) is 8.11. The monoisotopic (exact) mass is 382 g/mol. The molecule has 0 spiro atoms. The molecule has 0 aliphatic heterocycles. The summed E-state index contributed by atoms with van der Waals surface area (Å²) in [7, 11) is 0. The summed E-state index contributed by atoms with van der Waals surface area (Å²) in [5, 5.41) is 19.4. The van der Waals surface area contributed by atoms with Crippen LogP contribution in [0.25, 0.3) is 0 Å². The predicted molar refractivity (Wildman–Crippen MR) is 119 cm³/mol. The SMILES string of the molecule is CCCCCCCCCCCC(CC)(c1ccc(O)cc1)c1ccc(O)cc1. The van der Waals surface area contributed by atoms with Gasteiger partial charge in [-0.2, -0.15) is 0 Å². The molecular weight excluding hydrogens is 344 g/mol. The Bertz CT molecular complexity index is 612. The zero-order valence-electron chi connectivity index (χ0n) is 17.8. The van der Waals surface area contributed by atoms with Crippen molar-refractivity contribution in [2.45, 2.75) is 89.9 Å². The van der Waals surface area contributed by atoms with Crippen LogP contribution in [0, 0.1) is 0 Å². The highest BCUT2D eigenvalue weighted by atomic mass is 16.3. The van der Waals surface area contributed by atoms with Gasteiger partial charge >= 0.3 is 0 Å². The molecule has 0 atom stereocenters. The lowest BCUT2D eigenvalue weighted by Gasteiger charge is -2.34. The van der Waals surface area contributed by atoms with Crippen molar-refractivity contribution >= 4 is 0 Å². The number of phenols is 2. The zero-order chi connectivity index (χ0) is 20.2. The van der Waals surface area contributed by atoms with Crippen molar-refractivity contribution in [3.63, 3.8) is 0 Å². The van der Waals surface area contributed by atoms with Gasteiger partial charge < -0.3 is 10.2 Å². The quantitative estimate of drug-likeness (QED) is 0.348. The summed E-state index contributed by atoms with van der Waals surface area (Å²) >= 11 is 0. The van der Waals surface area contributed by atoms with E-state index in [1.165, 1.54) is 68.9 Å². The molecule has 0 bridgehead atoms. The lowest BCUT2D eigenvalue weighted by Crippen LogP contribution is -2.27. The molecule has 0 fully saturated rings. The molecule has 28 heavy (non-hydrogen) atoms. The fourth-order valence-corrected chi connectivity index (χ4v) is 4.34. The largest absolute Gasteiger partial charge is 0.508 e.